The maximum absolute atomic E-state index is 5.34. The van der Waals surface area contributed by atoms with E-state index in [1.54, 1.807) is 0 Å². The smallest absolute Gasteiger partial charge is 0.133 e. The second-order valence-corrected chi connectivity index (χ2v) is 4.24. The van der Waals surface area contributed by atoms with Gasteiger partial charge in [0.15, 0.2) is 0 Å². The van der Waals surface area contributed by atoms with Crippen molar-refractivity contribution < 1.29 is 4.74 Å². The highest BCUT2D eigenvalue weighted by Gasteiger charge is 2.20. The van der Waals surface area contributed by atoms with Crippen LogP contribution in [-0.2, 0) is 18.0 Å². The summed E-state index contributed by atoms with van der Waals surface area (Å²) < 4.78 is 5.34. The molecule has 3 rings (SSSR count). The Morgan fingerprint density at radius 3 is 3.27 bits per heavy atom. The predicted octanol–water partition coefficient (Wildman–Crippen LogP) is 0.974. The highest BCUT2D eigenvalue weighted by Crippen LogP contribution is 2.23. The van der Waals surface area contributed by atoms with Crippen molar-refractivity contribution in [1.29, 1.82) is 0 Å². The Labute approximate surface area is 89.1 Å². The highest BCUT2D eigenvalue weighted by atomic mass is 16.5. The van der Waals surface area contributed by atoms with Crippen LogP contribution in [0.1, 0.15) is 35.8 Å². The Kier molecular flexibility index (Phi) is 2.38. The fourth-order valence-electron chi connectivity index (χ4n) is 2.23. The minimum atomic E-state index is 0.490. The summed E-state index contributed by atoms with van der Waals surface area (Å²) in [6, 6.07) is 0. The Bertz CT molecular complexity index is 361. The lowest BCUT2D eigenvalue weighted by Gasteiger charge is -2.21. The van der Waals surface area contributed by atoms with Crippen LogP contribution in [-0.4, -0.2) is 23.1 Å². The molecule has 4 nitrogen and oxygen atoms in total. The van der Waals surface area contributed by atoms with Crippen molar-refractivity contribution in [3.63, 3.8) is 0 Å². The summed E-state index contributed by atoms with van der Waals surface area (Å²) in [7, 11) is 0. The second-order valence-electron chi connectivity index (χ2n) is 4.24. The third-order valence-electron chi connectivity index (χ3n) is 3.13. The Morgan fingerprint density at radius 2 is 2.40 bits per heavy atom. The Balaban J connectivity index is 1.85. The first-order valence-electron chi connectivity index (χ1n) is 5.56. The molecule has 1 N–H and O–H groups in total. The number of nitrogens with one attached hydrogen (secondary N) is 1. The highest BCUT2D eigenvalue weighted by molar-refractivity contribution is 5.20. The predicted molar refractivity (Wildman–Crippen MR) is 55.4 cm³/mol. The van der Waals surface area contributed by atoms with Crippen LogP contribution in [0, 0.1) is 0 Å². The summed E-state index contributed by atoms with van der Waals surface area (Å²) in [6.45, 7) is 3.48. The minimum absolute atomic E-state index is 0.490. The van der Waals surface area contributed by atoms with Gasteiger partial charge < -0.3 is 10.1 Å². The van der Waals surface area contributed by atoms with Gasteiger partial charge in [0.2, 0.25) is 0 Å². The van der Waals surface area contributed by atoms with Gasteiger partial charge in [0.25, 0.3) is 0 Å². The van der Waals surface area contributed by atoms with Crippen LogP contribution in [0.2, 0.25) is 0 Å². The average Bonchev–Trinajstić information content (AvgIpc) is 2.77. The van der Waals surface area contributed by atoms with E-state index in [4.69, 9.17) is 4.74 Å². The van der Waals surface area contributed by atoms with Crippen molar-refractivity contribution in [2.75, 3.05) is 13.1 Å². The van der Waals surface area contributed by atoms with E-state index in [1.165, 1.54) is 12.8 Å². The third-order valence-corrected chi connectivity index (χ3v) is 3.13. The SMILES string of the molecule is c1nc(C2CCCNC2)nc2c1COC2. The molecule has 2 aliphatic rings. The van der Waals surface area contributed by atoms with E-state index in [9.17, 15) is 0 Å². The van der Waals surface area contributed by atoms with Gasteiger partial charge in [-0.3, -0.25) is 0 Å². The number of piperidine rings is 1. The Morgan fingerprint density at radius 1 is 1.40 bits per heavy atom. The molecule has 4 heteroatoms. The first-order valence-corrected chi connectivity index (χ1v) is 5.56. The van der Waals surface area contributed by atoms with Crippen LogP contribution in [0.25, 0.3) is 0 Å². The van der Waals surface area contributed by atoms with Crippen molar-refractivity contribution in [2.24, 2.45) is 0 Å². The maximum Gasteiger partial charge on any atom is 0.133 e. The normalized spacial score (nSPS) is 25.2. The van der Waals surface area contributed by atoms with Crippen molar-refractivity contribution in [2.45, 2.75) is 32.0 Å². The Hall–Kier alpha value is -1.00. The molecule has 0 bridgehead atoms. The second kappa shape index (κ2) is 3.87. The number of hydrogen-bond acceptors (Lipinski definition) is 4. The van der Waals surface area contributed by atoms with E-state index in [1.807, 2.05) is 6.20 Å². The summed E-state index contributed by atoms with van der Waals surface area (Å²) in [4.78, 5) is 9.04. The quantitative estimate of drug-likeness (QED) is 0.742. The van der Waals surface area contributed by atoms with Crippen LogP contribution in [0.3, 0.4) is 0 Å². The zero-order valence-corrected chi connectivity index (χ0v) is 8.70. The minimum Gasteiger partial charge on any atom is -0.370 e. The first-order chi connectivity index (χ1) is 7.43. The van der Waals surface area contributed by atoms with Gasteiger partial charge in [0.1, 0.15) is 5.82 Å². The topological polar surface area (TPSA) is 47.0 Å². The van der Waals surface area contributed by atoms with Gasteiger partial charge in [-0.1, -0.05) is 0 Å². The van der Waals surface area contributed by atoms with Crippen LogP contribution in [0.4, 0.5) is 0 Å². The molecular formula is C11H15N3O. The summed E-state index contributed by atoms with van der Waals surface area (Å²) >= 11 is 0. The van der Waals surface area contributed by atoms with Gasteiger partial charge >= 0.3 is 0 Å². The number of ether oxygens (including phenoxy) is 1. The number of hydrogen-bond donors (Lipinski definition) is 1. The number of rotatable bonds is 1. The lowest BCUT2D eigenvalue weighted by Crippen LogP contribution is -2.29. The largest absolute Gasteiger partial charge is 0.370 e. The summed E-state index contributed by atoms with van der Waals surface area (Å²) in [5.41, 5.74) is 2.24. The van der Waals surface area contributed by atoms with Crippen molar-refractivity contribution in [3.05, 3.63) is 23.3 Å². The molecule has 15 heavy (non-hydrogen) atoms. The fraction of sp³-hybridized carbons (Fsp3) is 0.636. The van der Waals surface area contributed by atoms with Crippen LogP contribution in [0.15, 0.2) is 6.20 Å². The van der Waals surface area contributed by atoms with Crippen LogP contribution < -0.4 is 5.32 Å². The number of aromatic nitrogens is 2. The molecule has 2 aliphatic heterocycles. The molecular weight excluding hydrogens is 190 g/mol. The number of fused-ring (bicyclic) bond motifs is 1. The monoisotopic (exact) mass is 205 g/mol. The van der Waals surface area contributed by atoms with Gasteiger partial charge in [-0.2, -0.15) is 0 Å². The molecule has 0 saturated carbocycles. The van der Waals surface area contributed by atoms with Gasteiger partial charge in [0, 0.05) is 24.2 Å². The van der Waals surface area contributed by atoms with Gasteiger partial charge in [-0.05, 0) is 19.4 Å². The molecule has 0 aliphatic carbocycles. The fourth-order valence-corrected chi connectivity index (χ4v) is 2.23. The van der Waals surface area contributed by atoms with Crippen molar-refractivity contribution in [3.8, 4) is 0 Å². The van der Waals surface area contributed by atoms with Gasteiger partial charge in [-0.15, -0.1) is 0 Å². The summed E-state index contributed by atoms with van der Waals surface area (Å²) in [5, 5.41) is 3.39. The summed E-state index contributed by atoms with van der Waals surface area (Å²) in [5.74, 6) is 1.48. The standard InChI is InChI=1S/C11H15N3O/c1-2-8(4-12-3-1)11-13-5-9-6-15-7-10(9)14-11/h5,8,12H,1-4,6-7H2. The maximum atomic E-state index is 5.34. The molecule has 1 saturated heterocycles. The third kappa shape index (κ3) is 1.75. The van der Waals surface area contributed by atoms with Gasteiger partial charge in [0.05, 0.1) is 18.9 Å². The molecule has 0 amide bonds. The molecule has 0 radical (unpaired) electrons. The average molecular weight is 205 g/mol. The molecule has 3 heterocycles. The molecule has 0 spiro atoms. The molecule has 0 aromatic carbocycles. The molecule has 1 atom stereocenters. The van der Waals surface area contributed by atoms with Crippen LogP contribution in [0.5, 0.6) is 0 Å². The van der Waals surface area contributed by atoms with E-state index < -0.39 is 0 Å². The molecule has 1 aromatic rings. The van der Waals surface area contributed by atoms with E-state index in [-0.39, 0.29) is 0 Å². The van der Waals surface area contributed by atoms with E-state index >= 15 is 0 Å². The van der Waals surface area contributed by atoms with Gasteiger partial charge in [-0.25, -0.2) is 9.97 Å². The molecule has 80 valence electrons. The van der Waals surface area contributed by atoms with Crippen molar-refractivity contribution >= 4 is 0 Å². The molecule has 1 aromatic heterocycles. The van der Waals surface area contributed by atoms with E-state index in [0.29, 0.717) is 19.1 Å². The first kappa shape index (κ1) is 9.24. The zero-order chi connectivity index (χ0) is 10.1. The van der Waals surface area contributed by atoms with E-state index in [2.05, 4.69) is 15.3 Å². The van der Waals surface area contributed by atoms with E-state index in [0.717, 1.165) is 30.2 Å². The van der Waals surface area contributed by atoms with Crippen molar-refractivity contribution in [1.82, 2.24) is 15.3 Å². The molecule has 1 unspecified atom stereocenters. The molecule has 1 fully saturated rings. The van der Waals surface area contributed by atoms with Crippen LogP contribution >= 0.6 is 0 Å². The zero-order valence-electron chi connectivity index (χ0n) is 8.70. The number of nitrogens with zero attached hydrogens (tertiary/aromatic N) is 2. The summed E-state index contributed by atoms with van der Waals surface area (Å²) in [6.07, 6.45) is 4.35. The lowest BCUT2D eigenvalue weighted by molar-refractivity contribution is 0.133. The lowest BCUT2D eigenvalue weighted by atomic mass is 9.99.